The van der Waals surface area contributed by atoms with E-state index in [1.165, 1.54) is 43.4 Å². The Hall–Kier alpha value is -1.88. The molecule has 27 heavy (non-hydrogen) atoms. The van der Waals surface area contributed by atoms with Crippen LogP contribution in [-0.4, -0.2) is 66.9 Å². The molecule has 1 saturated carbocycles. The fourth-order valence-electron chi connectivity index (χ4n) is 5.22. The smallest absolute Gasteiger partial charge is 0.278 e. The highest BCUT2D eigenvalue weighted by Crippen LogP contribution is 2.35. The van der Waals surface area contributed by atoms with Crippen LogP contribution in [0.15, 0.2) is 30.3 Å². The number of piperazine rings is 1. The molecule has 5 heteroatoms. The Morgan fingerprint density at radius 3 is 2.41 bits per heavy atom. The lowest BCUT2D eigenvalue weighted by Gasteiger charge is -2.44. The molecule has 0 unspecified atom stereocenters. The molecule has 2 saturated heterocycles. The predicted octanol–water partition coefficient (Wildman–Crippen LogP) is 1.21. The summed E-state index contributed by atoms with van der Waals surface area (Å²) in [6, 6.07) is 10.0. The Kier molecular flexibility index (Phi) is 5.77. The summed E-state index contributed by atoms with van der Waals surface area (Å²) in [6.45, 7) is 4.76. The average molecular weight is 371 g/mol. The lowest BCUT2D eigenvalue weighted by molar-refractivity contribution is -0.896. The van der Waals surface area contributed by atoms with E-state index in [1.807, 2.05) is 35.2 Å². The number of fused-ring (bicyclic) bond motifs is 1. The van der Waals surface area contributed by atoms with Crippen molar-refractivity contribution >= 4 is 11.8 Å². The Balaban J connectivity index is 1.29. The van der Waals surface area contributed by atoms with E-state index in [2.05, 4.69) is 4.90 Å². The Morgan fingerprint density at radius 1 is 0.926 bits per heavy atom. The Labute approximate surface area is 162 Å². The number of hydrogen-bond donors (Lipinski definition) is 1. The van der Waals surface area contributed by atoms with Gasteiger partial charge < -0.3 is 14.7 Å². The number of hydrogen-bond acceptors (Lipinski definition) is 2. The van der Waals surface area contributed by atoms with Crippen LogP contribution in [-0.2, 0) is 4.79 Å². The quantitative estimate of drug-likeness (QED) is 0.869. The first-order chi connectivity index (χ1) is 13.2. The summed E-state index contributed by atoms with van der Waals surface area (Å²) in [6.07, 6.45) is 7.60. The van der Waals surface area contributed by atoms with Crippen LogP contribution >= 0.6 is 0 Å². The molecule has 1 aromatic rings. The second-order valence-electron chi connectivity index (χ2n) is 8.43. The minimum Gasteiger partial charge on any atom is -0.335 e. The zero-order valence-electron chi connectivity index (χ0n) is 16.2. The molecular formula is C22H32N3O2+. The van der Waals surface area contributed by atoms with E-state index in [-0.39, 0.29) is 5.91 Å². The van der Waals surface area contributed by atoms with Gasteiger partial charge in [0, 0.05) is 18.2 Å². The van der Waals surface area contributed by atoms with Gasteiger partial charge in [0.1, 0.15) is 0 Å². The molecule has 0 spiro atoms. The van der Waals surface area contributed by atoms with Gasteiger partial charge in [0.15, 0.2) is 6.54 Å². The fraction of sp³-hybridized carbons (Fsp3) is 0.636. The third-order valence-electron chi connectivity index (χ3n) is 6.74. The van der Waals surface area contributed by atoms with Gasteiger partial charge in [-0.3, -0.25) is 9.59 Å². The van der Waals surface area contributed by atoms with Crippen molar-refractivity contribution < 1.29 is 14.5 Å². The number of nitrogens with zero attached hydrogens (tertiary/aromatic N) is 2. The van der Waals surface area contributed by atoms with E-state index < -0.39 is 0 Å². The second-order valence-corrected chi connectivity index (χ2v) is 8.43. The molecule has 0 aromatic heterocycles. The zero-order valence-corrected chi connectivity index (χ0v) is 16.2. The molecule has 2 heterocycles. The number of likely N-dealkylation sites (tertiary alicyclic amines) is 1. The number of nitrogens with one attached hydrogen (secondary N) is 1. The SMILES string of the molecule is O=C(c1ccccc1)N1CC[NH+](CC(=O)N2CCC[C@@H]3CCCC[C@@H]32)CC1. The summed E-state index contributed by atoms with van der Waals surface area (Å²) in [5, 5.41) is 0. The van der Waals surface area contributed by atoms with Gasteiger partial charge in [-0.15, -0.1) is 0 Å². The minimum absolute atomic E-state index is 0.113. The highest BCUT2D eigenvalue weighted by molar-refractivity contribution is 5.94. The average Bonchev–Trinajstić information content (AvgIpc) is 2.74. The molecular weight excluding hydrogens is 338 g/mol. The second kappa shape index (κ2) is 8.42. The Morgan fingerprint density at radius 2 is 1.63 bits per heavy atom. The lowest BCUT2D eigenvalue weighted by atomic mass is 9.78. The standard InChI is InChI=1S/C22H31N3O2/c26-21(25-12-6-10-18-7-4-5-11-20(18)25)17-23-13-15-24(16-14-23)22(27)19-8-2-1-3-9-19/h1-3,8-9,18,20H,4-7,10-17H2/p+1/t18-,20-/m0/s1. The van der Waals surface area contributed by atoms with E-state index in [1.54, 1.807) is 0 Å². The molecule has 3 fully saturated rings. The van der Waals surface area contributed by atoms with Crippen LogP contribution in [0.3, 0.4) is 0 Å². The van der Waals surface area contributed by atoms with Crippen molar-refractivity contribution in [3.63, 3.8) is 0 Å². The van der Waals surface area contributed by atoms with Gasteiger partial charge in [0.05, 0.1) is 26.2 Å². The van der Waals surface area contributed by atoms with Crippen LogP contribution < -0.4 is 4.90 Å². The maximum Gasteiger partial charge on any atom is 0.278 e. The van der Waals surface area contributed by atoms with E-state index in [0.29, 0.717) is 18.5 Å². The molecule has 2 atom stereocenters. The molecule has 0 bridgehead atoms. The fourth-order valence-corrected chi connectivity index (χ4v) is 5.22. The summed E-state index contributed by atoms with van der Waals surface area (Å²) < 4.78 is 0. The van der Waals surface area contributed by atoms with Gasteiger partial charge in [-0.25, -0.2) is 0 Å². The molecule has 1 N–H and O–H groups in total. The van der Waals surface area contributed by atoms with Gasteiger partial charge >= 0.3 is 0 Å². The zero-order chi connectivity index (χ0) is 18.6. The first kappa shape index (κ1) is 18.5. The predicted molar refractivity (Wildman–Crippen MR) is 105 cm³/mol. The first-order valence-electron chi connectivity index (χ1n) is 10.7. The lowest BCUT2D eigenvalue weighted by Crippen LogP contribution is -3.16. The van der Waals surface area contributed by atoms with Crippen molar-refractivity contribution in [3.05, 3.63) is 35.9 Å². The number of quaternary nitrogens is 1. The number of carbonyl (C=O) groups excluding carboxylic acids is 2. The maximum atomic E-state index is 13.0. The molecule has 3 aliphatic rings. The molecule has 2 amide bonds. The molecule has 5 nitrogen and oxygen atoms in total. The highest BCUT2D eigenvalue weighted by Gasteiger charge is 2.37. The number of carbonyl (C=O) groups is 2. The van der Waals surface area contributed by atoms with E-state index in [4.69, 9.17) is 0 Å². The normalized spacial score (nSPS) is 26.5. The molecule has 0 radical (unpaired) electrons. The third-order valence-corrected chi connectivity index (χ3v) is 6.74. The summed E-state index contributed by atoms with van der Waals surface area (Å²) in [7, 11) is 0. The van der Waals surface area contributed by atoms with E-state index in [0.717, 1.165) is 44.2 Å². The molecule has 1 aliphatic carbocycles. The van der Waals surface area contributed by atoms with Gasteiger partial charge in [0.25, 0.3) is 11.8 Å². The Bertz CT molecular complexity index is 653. The number of benzene rings is 1. The summed E-state index contributed by atoms with van der Waals surface area (Å²) in [4.78, 5) is 31.0. The maximum absolute atomic E-state index is 13.0. The van der Waals surface area contributed by atoms with Crippen molar-refractivity contribution in [2.75, 3.05) is 39.3 Å². The molecule has 4 rings (SSSR count). The van der Waals surface area contributed by atoms with Crippen LogP contribution in [0, 0.1) is 5.92 Å². The largest absolute Gasteiger partial charge is 0.335 e. The van der Waals surface area contributed by atoms with Crippen molar-refractivity contribution in [2.45, 2.75) is 44.6 Å². The van der Waals surface area contributed by atoms with E-state index in [9.17, 15) is 9.59 Å². The van der Waals surface area contributed by atoms with Crippen LogP contribution in [0.2, 0.25) is 0 Å². The van der Waals surface area contributed by atoms with Crippen molar-refractivity contribution in [1.29, 1.82) is 0 Å². The topological polar surface area (TPSA) is 45.1 Å². The molecule has 146 valence electrons. The van der Waals surface area contributed by atoms with Crippen LogP contribution in [0.25, 0.3) is 0 Å². The van der Waals surface area contributed by atoms with Gasteiger partial charge in [0.2, 0.25) is 0 Å². The molecule has 2 aliphatic heterocycles. The first-order valence-corrected chi connectivity index (χ1v) is 10.7. The van der Waals surface area contributed by atoms with Crippen LogP contribution in [0.4, 0.5) is 0 Å². The number of piperidine rings is 1. The van der Waals surface area contributed by atoms with Crippen molar-refractivity contribution in [2.24, 2.45) is 5.92 Å². The number of rotatable bonds is 3. The van der Waals surface area contributed by atoms with Gasteiger partial charge in [-0.2, -0.15) is 0 Å². The van der Waals surface area contributed by atoms with Crippen molar-refractivity contribution in [3.8, 4) is 0 Å². The third kappa shape index (κ3) is 4.18. The monoisotopic (exact) mass is 370 g/mol. The summed E-state index contributed by atoms with van der Waals surface area (Å²) in [5.41, 5.74) is 0.758. The number of amides is 2. The minimum atomic E-state index is 0.113. The summed E-state index contributed by atoms with van der Waals surface area (Å²) >= 11 is 0. The van der Waals surface area contributed by atoms with E-state index >= 15 is 0 Å². The van der Waals surface area contributed by atoms with Gasteiger partial charge in [-0.1, -0.05) is 31.0 Å². The summed E-state index contributed by atoms with van der Waals surface area (Å²) in [5.74, 6) is 1.19. The van der Waals surface area contributed by atoms with Crippen molar-refractivity contribution in [1.82, 2.24) is 9.80 Å². The van der Waals surface area contributed by atoms with Crippen LogP contribution in [0.5, 0.6) is 0 Å². The van der Waals surface area contributed by atoms with Crippen LogP contribution in [0.1, 0.15) is 48.9 Å². The highest BCUT2D eigenvalue weighted by atomic mass is 16.2. The molecule has 1 aromatic carbocycles. The van der Waals surface area contributed by atoms with Gasteiger partial charge in [-0.05, 0) is 43.7 Å².